The topological polar surface area (TPSA) is 61.8 Å². The quantitative estimate of drug-likeness (QED) is 0.805. The Labute approximate surface area is 114 Å². The number of hydrogen-bond donors (Lipinski definition) is 2. The number of likely N-dealkylation sites (tertiary alicyclic amines) is 1. The van der Waals surface area contributed by atoms with E-state index in [1.165, 1.54) is 19.3 Å². The standard InChI is InChI=1S/C14H24N2O3/c17-13-6-3-4-11(13)12-5-1-2-7-16(12)9-10-8-15-14(18)19-10/h10-13,17H,1-9H2,(H,15,18). The highest BCUT2D eigenvalue weighted by Crippen LogP contribution is 2.35. The Bertz CT molecular complexity index is 337. The van der Waals surface area contributed by atoms with Gasteiger partial charge in [-0.2, -0.15) is 0 Å². The fourth-order valence-corrected chi connectivity index (χ4v) is 3.94. The molecule has 0 aromatic carbocycles. The molecule has 5 nitrogen and oxygen atoms in total. The van der Waals surface area contributed by atoms with Gasteiger partial charge in [0.25, 0.3) is 0 Å². The Morgan fingerprint density at radius 2 is 2.16 bits per heavy atom. The molecule has 3 rings (SSSR count). The molecule has 4 unspecified atom stereocenters. The van der Waals surface area contributed by atoms with E-state index in [2.05, 4.69) is 10.2 Å². The van der Waals surface area contributed by atoms with Crippen LogP contribution in [0.25, 0.3) is 0 Å². The third-order valence-electron chi connectivity index (χ3n) is 4.88. The molecule has 2 heterocycles. The van der Waals surface area contributed by atoms with Gasteiger partial charge < -0.3 is 15.2 Å². The van der Waals surface area contributed by atoms with Gasteiger partial charge in [-0.3, -0.25) is 4.90 Å². The molecule has 0 aromatic heterocycles. The number of aliphatic hydroxyl groups excluding tert-OH is 1. The van der Waals surface area contributed by atoms with Crippen molar-refractivity contribution in [3.63, 3.8) is 0 Å². The highest BCUT2D eigenvalue weighted by molar-refractivity contribution is 5.69. The molecule has 2 N–H and O–H groups in total. The molecule has 1 aliphatic carbocycles. The predicted octanol–water partition coefficient (Wildman–Crippen LogP) is 1.11. The summed E-state index contributed by atoms with van der Waals surface area (Å²) in [4.78, 5) is 13.5. The smallest absolute Gasteiger partial charge is 0.407 e. The van der Waals surface area contributed by atoms with Gasteiger partial charge in [-0.05, 0) is 32.2 Å². The number of cyclic esters (lactones) is 1. The average Bonchev–Trinajstić information content (AvgIpc) is 2.99. The maximum absolute atomic E-state index is 11.1. The number of nitrogens with one attached hydrogen (secondary N) is 1. The van der Waals surface area contributed by atoms with Crippen LogP contribution in [0, 0.1) is 5.92 Å². The molecule has 0 bridgehead atoms. The molecule has 19 heavy (non-hydrogen) atoms. The Morgan fingerprint density at radius 3 is 2.84 bits per heavy atom. The Kier molecular flexibility index (Phi) is 3.93. The minimum atomic E-state index is -0.292. The normalized spacial score (nSPS) is 40.2. The number of nitrogens with zero attached hydrogens (tertiary/aromatic N) is 1. The Hall–Kier alpha value is -0.810. The first kappa shape index (κ1) is 13.2. The number of alkyl carbamates (subject to hydrolysis) is 1. The molecule has 5 heteroatoms. The van der Waals surface area contributed by atoms with E-state index in [0.717, 1.165) is 32.4 Å². The van der Waals surface area contributed by atoms with Gasteiger partial charge in [-0.25, -0.2) is 4.79 Å². The number of carbonyl (C=O) groups excluding carboxylic acids is 1. The van der Waals surface area contributed by atoms with Gasteiger partial charge in [0.15, 0.2) is 0 Å². The number of ether oxygens (including phenoxy) is 1. The summed E-state index contributed by atoms with van der Waals surface area (Å²) in [7, 11) is 0. The maximum atomic E-state index is 11.1. The number of aliphatic hydroxyl groups is 1. The van der Waals surface area contributed by atoms with E-state index in [0.29, 0.717) is 18.5 Å². The van der Waals surface area contributed by atoms with Crippen molar-refractivity contribution in [3.05, 3.63) is 0 Å². The van der Waals surface area contributed by atoms with Gasteiger partial charge in [0.05, 0.1) is 12.6 Å². The average molecular weight is 268 g/mol. The van der Waals surface area contributed by atoms with E-state index in [-0.39, 0.29) is 18.3 Å². The van der Waals surface area contributed by atoms with Crippen molar-refractivity contribution >= 4 is 6.09 Å². The molecule has 0 spiro atoms. The van der Waals surface area contributed by atoms with Crippen molar-refractivity contribution in [1.82, 2.24) is 10.2 Å². The van der Waals surface area contributed by atoms with Crippen molar-refractivity contribution in [2.45, 2.75) is 56.8 Å². The summed E-state index contributed by atoms with van der Waals surface area (Å²) in [5.74, 6) is 0.422. The van der Waals surface area contributed by atoms with Crippen LogP contribution in [0.5, 0.6) is 0 Å². The lowest BCUT2D eigenvalue weighted by molar-refractivity contribution is 0.0141. The van der Waals surface area contributed by atoms with Crippen molar-refractivity contribution < 1.29 is 14.6 Å². The maximum Gasteiger partial charge on any atom is 0.407 e. The van der Waals surface area contributed by atoms with Gasteiger partial charge in [-0.1, -0.05) is 12.8 Å². The summed E-state index contributed by atoms with van der Waals surface area (Å²) in [6.45, 7) is 2.50. The predicted molar refractivity (Wildman–Crippen MR) is 70.8 cm³/mol. The fraction of sp³-hybridized carbons (Fsp3) is 0.929. The van der Waals surface area contributed by atoms with Crippen LogP contribution in [0.1, 0.15) is 38.5 Å². The number of rotatable bonds is 3. The van der Waals surface area contributed by atoms with Crippen molar-refractivity contribution in [2.24, 2.45) is 5.92 Å². The lowest BCUT2D eigenvalue weighted by atomic mass is 9.87. The van der Waals surface area contributed by atoms with Crippen LogP contribution in [-0.2, 0) is 4.74 Å². The summed E-state index contributed by atoms with van der Waals surface area (Å²) >= 11 is 0. The highest BCUT2D eigenvalue weighted by Gasteiger charge is 2.38. The highest BCUT2D eigenvalue weighted by atomic mass is 16.6. The van der Waals surface area contributed by atoms with Gasteiger partial charge in [0.1, 0.15) is 6.10 Å². The second kappa shape index (κ2) is 5.67. The molecule has 2 aliphatic heterocycles. The molecular weight excluding hydrogens is 244 g/mol. The summed E-state index contributed by atoms with van der Waals surface area (Å²) in [6.07, 6.45) is 6.45. The minimum Gasteiger partial charge on any atom is -0.443 e. The summed E-state index contributed by atoms with van der Waals surface area (Å²) in [5.41, 5.74) is 0. The van der Waals surface area contributed by atoms with E-state index >= 15 is 0 Å². The Morgan fingerprint density at radius 1 is 1.26 bits per heavy atom. The molecule has 1 saturated carbocycles. The van der Waals surface area contributed by atoms with Crippen LogP contribution >= 0.6 is 0 Å². The van der Waals surface area contributed by atoms with Gasteiger partial charge in [-0.15, -0.1) is 0 Å². The zero-order valence-electron chi connectivity index (χ0n) is 11.4. The minimum absolute atomic E-state index is 0.0216. The number of carbonyl (C=O) groups is 1. The monoisotopic (exact) mass is 268 g/mol. The SMILES string of the molecule is O=C1NCC(CN2CCCCC2C2CCCC2O)O1. The first-order chi connectivity index (χ1) is 9.24. The number of piperidine rings is 1. The zero-order valence-corrected chi connectivity index (χ0v) is 11.4. The lowest BCUT2D eigenvalue weighted by Gasteiger charge is -2.41. The first-order valence-corrected chi connectivity index (χ1v) is 7.60. The van der Waals surface area contributed by atoms with Crippen LogP contribution in [0.15, 0.2) is 0 Å². The van der Waals surface area contributed by atoms with Crippen molar-refractivity contribution in [3.8, 4) is 0 Å². The molecule has 0 aromatic rings. The lowest BCUT2D eigenvalue weighted by Crippen LogP contribution is -2.49. The second-order valence-corrected chi connectivity index (χ2v) is 6.13. The first-order valence-electron chi connectivity index (χ1n) is 7.60. The van der Waals surface area contributed by atoms with Crippen LogP contribution in [0.2, 0.25) is 0 Å². The number of hydrogen-bond acceptors (Lipinski definition) is 4. The molecule has 3 fully saturated rings. The third-order valence-corrected chi connectivity index (χ3v) is 4.88. The Balaban J connectivity index is 1.62. The molecule has 4 atom stereocenters. The van der Waals surface area contributed by atoms with E-state index in [1.54, 1.807) is 0 Å². The van der Waals surface area contributed by atoms with Crippen LogP contribution in [0.4, 0.5) is 4.79 Å². The zero-order chi connectivity index (χ0) is 13.2. The number of amides is 1. The molecule has 3 aliphatic rings. The van der Waals surface area contributed by atoms with E-state index in [1.807, 2.05) is 0 Å². The second-order valence-electron chi connectivity index (χ2n) is 6.13. The van der Waals surface area contributed by atoms with E-state index in [9.17, 15) is 9.90 Å². The van der Waals surface area contributed by atoms with Crippen LogP contribution in [0.3, 0.4) is 0 Å². The molecule has 1 amide bonds. The molecule has 0 radical (unpaired) electrons. The van der Waals surface area contributed by atoms with Gasteiger partial charge in [0, 0.05) is 18.5 Å². The summed E-state index contributed by atoms with van der Waals surface area (Å²) in [6, 6.07) is 0.477. The fourth-order valence-electron chi connectivity index (χ4n) is 3.94. The van der Waals surface area contributed by atoms with Crippen molar-refractivity contribution in [2.75, 3.05) is 19.6 Å². The molecule has 108 valence electrons. The van der Waals surface area contributed by atoms with Crippen molar-refractivity contribution in [1.29, 1.82) is 0 Å². The van der Waals surface area contributed by atoms with Crippen LogP contribution < -0.4 is 5.32 Å². The largest absolute Gasteiger partial charge is 0.443 e. The molecule has 2 saturated heterocycles. The van der Waals surface area contributed by atoms with E-state index < -0.39 is 0 Å². The summed E-state index contributed by atoms with van der Waals surface area (Å²) in [5, 5.41) is 12.9. The van der Waals surface area contributed by atoms with Crippen LogP contribution in [-0.4, -0.2) is 54.0 Å². The van der Waals surface area contributed by atoms with Gasteiger partial charge in [0.2, 0.25) is 0 Å². The van der Waals surface area contributed by atoms with E-state index in [4.69, 9.17) is 4.74 Å². The summed E-state index contributed by atoms with van der Waals surface area (Å²) < 4.78 is 5.25. The molecular formula is C14H24N2O3. The van der Waals surface area contributed by atoms with Gasteiger partial charge >= 0.3 is 6.09 Å². The third kappa shape index (κ3) is 2.87.